The molecule has 1 atom stereocenters. The van der Waals surface area contributed by atoms with Gasteiger partial charge in [-0.1, -0.05) is 25.5 Å². The number of halogens is 1. The lowest BCUT2D eigenvalue weighted by Crippen LogP contribution is -2.25. The Labute approximate surface area is 158 Å². The average molecular weight is 373 g/mol. The Morgan fingerprint density at radius 1 is 1.11 bits per heavy atom. The number of carbonyl (C=O) groups excluding carboxylic acids is 1. The zero-order chi connectivity index (χ0) is 19.6. The number of nitrogens with one attached hydrogen (secondary N) is 1. The molecule has 0 saturated heterocycles. The summed E-state index contributed by atoms with van der Waals surface area (Å²) in [4.78, 5) is 12.3. The van der Waals surface area contributed by atoms with E-state index in [1.54, 1.807) is 12.1 Å². The molecule has 144 valence electrons. The number of benzene rings is 2. The van der Waals surface area contributed by atoms with Crippen molar-refractivity contribution in [1.29, 1.82) is 0 Å². The Morgan fingerprint density at radius 3 is 2.48 bits per heavy atom. The summed E-state index contributed by atoms with van der Waals surface area (Å²) in [5.41, 5.74) is 2.77. The molecule has 1 aliphatic heterocycles. The smallest absolute Gasteiger partial charge is 0.225 e. The first-order chi connectivity index (χ1) is 13.0. The van der Waals surface area contributed by atoms with Crippen molar-refractivity contribution in [2.24, 2.45) is 0 Å². The van der Waals surface area contributed by atoms with Gasteiger partial charge in [0.15, 0.2) is 11.5 Å². The number of rotatable bonds is 6. The van der Waals surface area contributed by atoms with Gasteiger partial charge in [-0.3, -0.25) is 4.79 Å². The lowest BCUT2D eigenvalue weighted by atomic mass is 9.82. The first kappa shape index (κ1) is 19.0. The first-order valence-corrected chi connectivity index (χ1v) is 8.95. The number of hydrogen-bond donors (Lipinski definition) is 1. The largest absolute Gasteiger partial charge is 0.493 e. The zero-order valence-corrected chi connectivity index (χ0v) is 16.0. The number of carbonyl (C=O) groups is 1. The second-order valence-corrected chi connectivity index (χ2v) is 6.52. The van der Waals surface area contributed by atoms with E-state index in [4.69, 9.17) is 14.2 Å². The predicted octanol–water partition coefficient (Wildman–Crippen LogP) is 4.28. The molecule has 1 heterocycles. The Hall–Kier alpha value is -2.76. The van der Waals surface area contributed by atoms with E-state index in [2.05, 4.69) is 12.2 Å². The van der Waals surface area contributed by atoms with Crippen LogP contribution in [0.2, 0.25) is 0 Å². The topological polar surface area (TPSA) is 56.8 Å². The molecule has 1 N–H and O–H groups in total. The van der Waals surface area contributed by atoms with Gasteiger partial charge in [0.2, 0.25) is 11.7 Å². The van der Waals surface area contributed by atoms with E-state index in [-0.39, 0.29) is 18.1 Å². The lowest BCUT2D eigenvalue weighted by Gasteiger charge is -2.30. The van der Waals surface area contributed by atoms with Gasteiger partial charge in [-0.15, -0.1) is 0 Å². The number of anilines is 1. The minimum Gasteiger partial charge on any atom is -0.493 e. The molecule has 0 aliphatic carbocycles. The zero-order valence-electron chi connectivity index (χ0n) is 16.0. The van der Waals surface area contributed by atoms with E-state index in [0.717, 1.165) is 18.4 Å². The molecule has 0 fully saturated rings. The molecule has 27 heavy (non-hydrogen) atoms. The van der Waals surface area contributed by atoms with Gasteiger partial charge in [0, 0.05) is 24.0 Å². The molecule has 1 aliphatic rings. The van der Waals surface area contributed by atoms with Gasteiger partial charge < -0.3 is 19.5 Å². The maximum absolute atomic E-state index is 14.8. The van der Waals surface area contributed by atoms with Gasteiger partial charge >= 0.3 is 0 Å². The Kier molecular flexibility index (Phi) is 5.54. The van der Waals surface area contributed by atoms with Gasteiger partial charge in [-0.2, -0.15) is 0 Å². The third-order valence-corrected chi connectivity index (χ3v) is 4.85. The number of fused-ring (bicyclic) bond motifs is 1. The Balaban J connectivity index is 2.24. The molecule has 0 aromatic heterocycles. The maximum atomic E-state index is 14.8. The lowest BCUT2D eigenvalue weighted by molar-refractivity contribution is -0.116. The number of ether oxygens (including phenoxy) is 3. The maximum Gasteiger partial charge on any atom is 0.225 e. The summed E-state index contributed by atoms with van der Waals surface area (Å²) in [5.74, 6) is 0.316. The summed E-state index contributed by atoms with van der Waals surface area (Å²) in [6.45, 7) is 2.08. The average Bonchev–Trinajstić information content (AvgIpc) is 2.67. The van der Waals surface area contributed by atoms with Crippen molar-refractivity contribution in [3.63, 3.8) is 0 Å². The molecule has 2 aromatic carbocycles. The van der Waals surface area contributed by atoms with E-state index < -0.39 is 5.92 Å². The van der Waals surface area contributed by atoms with Crippen molar-refractivity contribution in [1.82, 2.24) is 0 Å². The van der Waals surface area contributed by atoms with E-state index >= 15 is 0 Å². The van der Waals surface area contributed by atoms with Crippen LogP contribution in [0.3, 0.4) is 0 Å². The fourth-order valence-electron chi connectivity index (χ4n) is 3.69. The summed E-state index contributed by atoms with van der Waals surface area (Å²) < 4.78 is 31.2. The SMILES string of the molecule is CCCc1ccc(F)c(C2CC(=O)Nc3cc(OC)c(OC)c(OC)c32)c1. The number of amides is 1. The normalized spacial score (nSPS) is 15.7. The third-order valence-electron chi connectivity index (χ3n) is 4.85. The van der Waals surface area contributed by atoms with Crippen LogP contribution in [0.25, 0.3) is 0 Å². The molecule has 0 radical (unpaired) electrons. The third kappa shape index (κ3) is 3.44. The van der Waals surface area contributed by atoms with Crippen molar-refractivity contribution >= 4 is 11.6 Å². The number of hydrogen-bond acceptors (Lipinski definition) is 4. The van der Waals surface area contributed by atoms with E-state index in [9.17, 15) is 9.18 Å². The standard InChI is InChI=1S/C21H24FNO4/c1-5-6-12-7-8-15(22)13(9-12)14-10-18(24)23-16-11-17(25-2)20(26-3)21(27-4)19(14)16/h7-9,11,14H,5-6,10H2,1-4H3,(H,23,24). The fraction of sp³-hybridized carbons (Fsp3) is 0.381. The molecule has 0 spiro atoms. The summed E-state index contributed by atoms with van der Waals surface area (Å²) >= 11 is 0. The highest BCUT2D eigenvalue weighted by atomic mass is 19.1. The Bertz CT molecular complexity index is 866. The molecule has 6 heteroatoms. The molecular weight excluding hydrogens is 349 g/mol. The minimum atomic E-state index is -0.472. The molecule has 1 amide bonds. The summed E-state index contributed by atoms with van der Waals surface area (Å²) in [6.07, 6.45) is 1.94. The van der Waals surface area contributed by atoms with Gasteiger partial charge in [0.1, 0.15) is 5.82 Å². The highest BCUT2D eigenvalue weighted by Gasteiger charge is 2.34. The highest BCUT2D eigenvalue weighted by molar-refractivity contribution is 5.97. The van der Waals surface area contributed by atoms with Crippen LogP contribution in [-0.2, 0) is 11.2 Å². The van der Waals surface area contributed by atoms with Crippen LogP contribution < -0.4 is 19.5 Å². The summed E-state index contributed by atoms with van der Waals surface area (Å²) in [7, 11) is 4.56. The van der Waals surface area contributed by atoms with Gasteiger partial charge in [-0.25, -0.2) is 4.39 Å². The van der Waals surface area contributed by atoms with Gasteiger partial charge in [0.25, 0.3) is 0 Å². The highest BCUT2D eigenvalue weighted by Crippen LogP contribution is 2.51. The van der Waals surface area contributed by atoms with Crippen molar-refractivity contribution in [3.05, 3.63) is 46.8 Å². The molecule has 3 rings (SSSR count). The van der Waals surface area contributed by atoms with Gasteiger partial charge in [0.05, 0.1) is 27.0 Å². The van der Waals surface area contributed by atoms with Crippen LogP contribution in [0.5, 0.6) is 17.2 Å². The van der Waals surface area contributed by atoms with Crippen molar-refractivity contribution in [2.45, 2.75) is 32.1 Å². The van der Waals surface area contributed by atoms with Crippen molar-refractivity contribution < 1.29 is 23.4 Å². The predicted molar refractivity (Wildman–Crippen MR) is 102 cm³/mol. The summed E-state index contributed by atoms with van der Waals surface area (Å²) in [5, 5.41) is 2.84. The molecule has 2 aromatic rings. The van der Waals surface area contributed by atoms with Crippen LogP contribution in [0, 0.1) is 5.82 Å². The second kappa shape index (κ2) is 7.86. The van der Waals surface area contributed by atoms with E-state index in [0.29, 0.717) is 34.1 Å². The molecule has 0 bridgehead atoms. The molecular formula is C21H24FNO4. The number of aryl methyl sites for hydroxylation is 1. The molecule has 1 unspecified atom stereocenters. The summed E-state index contributed by atoms with van der Waals surface area (Å²) in [6, 6.07) is 6.80. The monoisotopic (exact) mass is 373 g/mol. The van der Waals surface area contributed by atoms with Crippen LogP contribution >= 0.6 is 0 Å². The van der Waals surface area contributed by atoms with Crippen molar-refractivity contribution in [2.75, 3.05) is 26.6 Å². The van der Waals surface area contributed by atoms with Gasteiger partial charge in [-0.05, 0) is 23.6 Å². The van der Waals surface area contributed by atoms with Crippen LogP contribution in [-0.4, -0.2) is 27.2 Å². The number of methoxy groups -OCH3 is 3. The fourth-order valence-corrected chi connectivity index (χ4v) is 3.69. The first-order valence-electron chi connectivity index (χ1n) is 8.95. The second-order valence-electron chi connectivity index (χ2n) is 6.52. The minimum absolute atomic E-state index is 0.130. The van der Waals surface area contributed by atoms with Crippen LogP contribution in [0.4, 0.5) is 10.1 Å². The van der Waals surface area contributed by atoms with E-state index in [1.807, 2.05) is 6.07 Å². The molecule has 5 nitrogen and oxygen atoms in total. The van der Waals surface area contributed by atoms with Crippen molar-refractivity contribution in [3.8, 4) is 17.2 Å². The quantitative estimate of drug-likeness (QED) is 0.821. The Morgan fingerprint density at radius 2 is 1.85 bits per heavy atom. The van der Waals surface area contributed by atoms with E-state index in [1.165, 1.54) is 27.4 Å². The van der Waals surface area contributed by atoms with Crippen LogP contribution in [0.1, 0.15) is 42.4 Å². The molecule has 0 saturated carbocycles. The van der Waals surface area contributed by atoms with Crippen LogP contribution in [0.15, 0.2) is 24.3 Å².